The molecule has 4 heteroatoms. The molecule has 3 N–H and O–H groups in total. The number of carbonyl (C=O) groups excluding carboxylic acids is 1. The molecular formula is C13H22N2OS. The highest BCUT2D eigenvalue weighted by molar-refractivity contribution is 7.10. The maximum Gasteiger partial charge on any atom is 0.227 e. The lowest BCUT2D eigenvalue weighted by molar-refractivity contribution is -0.132. The molecular weight excluding hydrogens is 232 g/mol. The third-order valence-electron chi connectivity index (χ3n) is 3.50. The van der Waals surface area contributed by atoms with Gasteiger partial charge < -0.3 is 11.1 Å². The molecule has 1 atom stereocenters. The standard InChI is InChI=1S/C13H22N2OS/c1-9(10-7-6-8-17-10)15-11(16)12(2,3)13(4,5)14/h6-9H,14H2,1-5H3,(H,15,16)/t9-/m1/s1. The third-order valence-corrected chi connectivity index (χ3v) is 4.55. The number of nitrogens with two attached hydrogens (primary N) is 1. The van der Waals surface area contributed by atoms with Crippen molar-refractivity contribution in [1.82, 2.24) is 5.32 Å². The average molecular weight is 254 g/mol. The monoisotopic (exact) mass is 254 g/mol. The van der Waals surface area contributed by atoms with E-state index in [1.807, 2.05) is 52.1 Å². The van der Waals surface area contributed by atoms with E-state index >= 15 is 0 Å². The predicted molar refractivity (Wildman–Crippen MR) is 72.9 cm³/mol. The van der Waals surface area contributed by atoms with Crippen LogP contribution in [-0.2, 0) is 4.79 Å². The van der Waals surface area contributed by atoms with E-state index in [9.17, 15) is 4.79 Å². The van der Waals surface area contributed by atoms with Gasteiger partial charge in [-0.15, -0.1) is 11.3 Å². The van der Waals surface area contributed by atoms with Crippen LogP contribution in [0, 0.1) is 5.41 Å². The smallest absolute Gasteiger partial charge is 0.227 e. The molecule has 0 aromatic carbocycles. The number of hydrogen-bond acceptors (Lipinski definition) is 3. The van der Waals surface area contributed by atoms with Gasteiger partial charge in [-0.2, -0.15) is 0 Å². The first-order chi connectivity index (χ1) is 7.66. The van der Waals surface area contributed by atoms with Gasteiger partial charge in [-0.1, -0.05) is 6.07 Å². The fraction of sp³-hybridized carbons (Fsp3) is 0.615. The number of carbonyl (C=O) groups is 1. The van der Waals surface area contributed by atoms with Crippen LogP contribution in [0.4, 0.5) is 0 Å². The molecule has 0 aliphatic carbocycles. The van der Waals surface area contributed by atoms with Gasteiger partial charge in [-0.3, -0.25) is 4.79 Å². The van der Waals surface area contributed by atoms with Gasteiger partial charge in [-0.05, 0) is 46.1 Å². The van der Waals surface area contributed by atoms with E-state index in [4.69, 9.17) is 5.73 Å². The highest BCUT2D eigenvalue weighted by atomic mass is 32.1. The van der Waals surface area contributed by atoms with Crippen molar-refractivity contribution in [2.24, 2.45) is 11.1 Å². The lowest BCUT2D eigenvalue weighted by Gasteiger charge is -2.37. The van der Waals surface area contributed by atoms with Crippen LogP contribution >= 0.6 is 11.3 Å². The minimum Gasteiger partial charge on any atom is -0.348 e. The zero-order chi connectivity index (χ0) is 13.3. The first kappa shape index (κ1) is 14.2. The van der Waals surface area contributed by atoms with Crippen molar-refractivity contribution in [3.63, 3.8) is 0 Å². The molecule has 0 bridgehead atoms. The van der Waals surface area contributed by atoms with Crippen molar-refractivity contribution in [1.29, 1.82) is 0 Å². The van der Waals surface area contributed by atoms with Crippen LogP contribution in [0.15, 0.2) is 17.5 Å². The van der Waals surface area contributed by atoms with Crippen LogP contribution < -0.4 is 11.1 Å². The number of hydrogen-bond donors (Lipinski definition) is 2. The number of nitrogens with one attached hydrogen (secondary N) is 1. The summed E-state index contributed by atoms with van der Waals surface area (Å²) in [7, 11) is 0. The summed E-state index contributed by atoms with van der Waals surface area (Å²) in [5.41, 5.74) is 4.90. The van der Waals surface area contributed by atoms with Crippen molar-refractivity contribution < 1.29 is 4.79 Å². The van der Waals surface area contributed by atoms with Crippen LogP contribution in [0.1, 0.15) is 45.5 Å². The Kier molecular flexibility index (Phi) is 3.99. The molecule has 0 fully saturated rings. The fourth-order valence-electron chi connectivity index (χ4n) is 1.28. The zero-order valence-corrected chi connectivity index (χ0v) is 12.0. The van der Waals surface area contributed by atoms with Crippen molar-refractivity contribution in [2.75, 3.05) is 0 Å². The van der Waals surface area contributed by atoms with Gasteiger partial charge in [0.25, 0.3) is 0 Å². The Labute approximate surface area is 107 Å². The Bertz CT molecular complexity index is 377. The molecule has 17 heavy (non-hydrogen) atoms. The molecule has 0 unspecified atom stereocenters. The molecule has 3 nitrogen and oxygen atoms in total. The summed E-state index contributed by atoms with van der Waals surface area (Å²) in [6.07, 6.45) is 0. The fourth-order valence-corrected chi connectivity index (χ4v) is 2.01. The minimum absolute atomic E-state index is 0.00843. The maximum atomic E-state index is 12.2. The summed E-state index contributed by atoms with van der Waals surface area (Å²) < 4.78 is 0. The largest absolute Gasteiger partial charge is 0.348 e. The summed E-state index contributed by atoms with van der Waals surface area (Å²) in [4.78, 5) is 13.4. The van der Waals surface area contributed by atoms with E-state index in [1.165, 1.54) is 0 Å². The molecule has 1 amide bonds. The second-order valence-corrected chi connectivity index (χ2v) is 6.54. The van der Waals surface area contributed by atoms with Crippen LogP contribution in [0.3, 0.4) is 0 Å². The quantitative estimate of drug-likeness (QED) is 0.868. The summed E-state index contributed by atoms with van der Waals surface area (Å²) >= 11 is 1.65. The molecule has 0 aliphatic heterocycles. The Balaban J connectivity index is 2.73. The number of amides is 1. The molecule has 0 radical (unpaired) electrons. The number of thiophene rings is 1. The third kappa shape index (κ3) is 3.07. The molecule has 1 aromatic heterocycles. The molecule has 1 aromatic rings. The Morgan fingerprint density at radius 2 is 2.00 bits per heavy atom. The highest BCUT2D eigenvalue weighted by Gasteiger charge is 2.40. The second-order valence-electron chi connectivity index (χ2n) is 5.56. The van der Waals surface area contributed by atoms with E-state index in [0.717, 1.165) is 4.88 Å². The van der Waals surface area contributed by atoms with Crippen molar-refractivity contribution in [3.8, 4) is 0 Å². The van der Waals surface area contributed by atoms with Crippen molar-refractivity contribution in [3.05, 3.63) is 22.4 Å². The molecule has 96 valence electrons. The summed E-state index contributed by atoms with van der Waals surface area (Å²) in [5.74, 6) is -0.00843. The van der Waals surface area contributed by atoms with E-state index < -0.39 is 11.0 Å². The first-order valence-electron chi connectivity index (χ1n) is 5.79. The van der Waals surface area contributed by atoms with Crippen molar-refractivity contribution >= 4 is 17.2 Å². The van der Waals surface area contributed by atoms with E-state index in [1.54, 1.807) is 11.3 Å². The van der Waals surface area contributed by atoms with Crippen LogP contribution in [-0.4, -0.2) is 11.4 Å². The molecule has 0 aliphatic rings. The Hall–Kier alpha value is -0.870. The van der Waals surface area contributed by atoms with E-state index in [0.29, 0.717) is 0 Å². The number of rotatable bonds is 4. The van der Waals surface area contributed by atoms with Gasteiger partial charge in [0.05, 0.1) is 11.5 Å². The molecule has 1 heterocycles. The lowest BCUT2D eigenvalue weighted by atomic mass is 9.74. The summed E-state index contributed by atoms with van der Waals surface area (Å²) in [5, 5.41) is 5.03. The maximum absolute atomic E-state index is 12.2. The zero-order valence-electron chi connectivity index (χ0n) is 11.2. The molecule has 1 rings (SSSR count). The second kappa shape index (κ2) is 4.78. The Morgan fingerprint density at radius 1 is 1.41 bits per heavy atom. The van der Waals surface area contributed by atoms with Gasteiger partial charge in [0.15, 0.2) is 0 Å². The van der Waals surface area contributed by atoms with Gasteiger partial charge in [0, 0.05) is 10.4 Å². The minimum atomic E-state index is -0.599. The van der Waals surface area contributed by atoms with Crippen LogP contribution in [0.25, 0.3) is 0 Å². The topological polar surface area (TPSA) is 55.1 Å². The normalized spacial score (nSPS) is 14.5. The van der Waals surface area contributed by atoms with Gasteiger partial charge in [0.2, 0.25) is 5.91 Å². The van der Waals surface area contributed by atoms with Gasteiger partial charge in [-0.25, -0.2) is 0 Å². The van der Waals surface area contributed by atoms with Gasteiger partial charge in [0.1, 0.15) is 0 Å². The first-order valence-corrected chi connectivity index (χ1v) is 6.67. The van der Waals surface area contributed by atoms with E-state index in [-0.39, 0.29) is 11.9 Å². The Morgan fingerprint density at radius 3 is 2.41 bits per heavy atom. The average Bonchev–Trinajstić information content (AvgIpc) is 2.68. The summed E-state index contributed by atoms with van der Waals surface area (Å²) in [6.45, 7) is 9.50. The summed E-state index contributed by atoms with van der Waals surface area (Å²) in [6, 6.07) is 4.04. The molecule has 0 saturated carbocycles. The molecule has 0 saturated heterocycles. The van der Waals surface area contributed by atoms with E-state index in [2.05, 4.69) is 5.32 Å². The van der Waals surface area contributed by atoms with Crippen LogP contribution in [0.5, 0.6) is 0 Å². The van der Waals surface area contributed by atoms with Gasteiger partial charge >= 0.3 is 0 Å². The molecule has 0 spiro atoms. The van der Waals surface area contributed by atoms with Crippen molar-refractivity contribution in [2.45, 2.75) is 46.2 Å². The lowest BCUT2D eigenvalue weighted by Crippen LogP contribution is -2.55. The predicted octanol–water partition coefficient (Wildman–Crippen LogP) is 2.69. The van der Waals surface area contributed by atoms with Crippen LogP contribution in [0.2, 0.25) is 0 Å². The highest BCUT2D eigenvalue weighted by Crippen LogP contribution is 2.29. The SMILES string of the molecule is C[C@@H](NC(=O)C(C)(C)C(C)(C)N)c1cccs1.